The Labute approximate surface area is 326 Å². The molecule has 1 saturated heterocycles. The van der Waals surface area contributed by atoms with E-state index in [1.807, 2.05) is 6.07 Å². The predicted octanol–water partition coefficient (Wildman–Crippen LogP) is 7.30. The van der Waals surface area contributed by atoms with Crippen LogP contribution in [0.4, 0.5) is 0 Å². The number of hydrogen-bond acceptors (Lipinski definition) is 10. The molecule has 4 aromatic carbocycles. The fraction of sp³-hybridized carbons (Fsp3) is 0.467. The van der Waals surface area contributed by atoms with Crippen LogP contribution < -0.4 is 28.4 Å². The Bertz CT molecular complexity index is 2010. The van der Waals surface area contributed by atoms with E-state index in [1.54, 1.807) is 28.4 Å². The van der Waals surface area contributed by atoms with Crippen molar-refractivity contribution < 1.29 is 28.4 Å². The van der Waals surface area contributed by atoms with Gasteiger partial charge in [-0.3, -0.25) is 14.7 Å². The van der Waals surface area contributed by atoms with Crippen molar-refractivity contribution in [2.75, 3.05) is 88.3 Å². The zero-order valence-corrected chi connectivity index (χ0v) is 33.6. The molecule has 10 heteroatoms. The topological polar surface area (TPSA) is 68.3 Å². The molecule has 5 aliphatic rings. The van der Waals surface area contributed by atoms with E-state index in [2.05, 4.69) is 89.1 Å². The number of piperazine rings is 1. The molecule has 9 rings (SSSR count). The van der Waals surface area contributed by atoms with E-state index < -0.39 is 0 Å². The number of rotatable bonds is 7. The molecule has 2 atom stereocenters. The zero-order valence-electron chi connectivity index (χ0n) is 33.6. The number of methoxy groups -OCH3 is 4. The van der Waals surface area contributed by atoms with Gasteiger partial charge in [-0.2, -0.15) is 0 Å². The SMILES string of the molecule is CCN1CCN(Cc2c3c4c(c(OC)c2OC)Oc2cc5c(cc2OC)CCN(C)[C@H]5Cc2ccc(cc2)Oc2cc(ccc2OC)C[C@@H]4N(C)CC3)CC1. The quantitative estimate of drug-likeness (QED) is 0.193. The first-order valence-corrected chi connectivity index (χ1v) is 19.8. The highest BCUT2D eigenvalue weighted by Crippen LogP contribution is 2.54. The molecular formula is C45H56N4O6. The monoisotopic (exact) mass is 748 g/mol. The molecule has 0 aromatic heterocycles. The lowest BCUT2D eigenvalue weighted by Gasteiger charge is -2.40. The summed E-state index contributed by atoms with van der Waals surface area (Å²) in [6.45, 7) is 10.1. The third-order valence-corrected chi connectivity index (χ3v) is 12.4. The third kappa shape index (κ3) is 7.21. The van der Waals surface area contributed by atoms with E-state index in [1.165, 1.54) is 27.8 Å². The number of hydrogen-bond donors (Lipinski definition) is 0. The molecule has 1 fully saturated rings. The molecule has 4 aromatic rings. The number of ether oxygens (including phenoxy) is 6. The maximum Gasteiger partial charge on any atom is 0.204 e. The van der Waals surface area contributed by atoms with Crippen molar-refractivity contribution in [2.24, 2.45) is 0 Å². The van der Waals surface area contributed by atoms with Crippen LogP contribution in [0.15, 0.2) is 54.6 Å². The molecule has 0 radical (unpaired) electrons. The third-order valence-electron chi connectivity index (χ3n) is 12.4. The van der Waals surface area contributed by atoms with Gasteiger partial charge < -0.3 is 33.3 Å². The van der Waals surface area contributed by atoms with Crippen LogP contribution in [0.2, 0.25) is 0 Å². The average Bonchev–Trinajstić information content (AvgIpc) is 3.21. The Morgan fingerprint density at radius 3 is 2.00 bits per heavy atom. The summed E-state index contributed by atoms with van der Waals surface area (Å²) in [6.07, 6.45) is 3.36. The molecular weight excluding hydrogens is 693 g/mol. The molecule has 0 N–H and O–H groups in total. The van der Waals surface area contributed by atoms with Crippen LogP contribution in [0.5, 0.6) is 46.0 Å². The molecule has 5 aliphatic heterocycles. The average molecular weight is 749 g/mol. The van der Waals surface area contributed by atoms with Crippen molar-refractivity contribution >= 4 is 0 Å². The molecule has 0 spiro atoms. The first-order valence-electron chi connectivity index (χ1n) is 19.8. The van der Waals surface area contributed by atoms with Gasteiger partial charge in [0.05, 0.1) is 28.4 Å². The summed E-state index contributed by atoms with van der Waals surface area (Å²) in [5.74, 6) is 5.61. The summed E-state index contributed by atoms with van der Waals surface area (Å²) in [5.41, 5.74) is 8.51. The van der Waals surface area contributed by atoms with Crippen LogP contribution in [0.3, 0.4) is 0 Å². The van der Waals surface area contributed by atoms with Gasteiger partial charge in [-0.05, 0) is 111 Å². The van der Waals surface area contributed by atoms with Gasteiger partial charge in [0, 0.05) is 69.0 Å². The fourth-order valence-corrected chi connectivity index (χ4v) is 9.16. The lowest BCUT2D eigenvalue weighted by Crippen LogP contribution is -2.46. The summed E-state index contributed by atoms with van der Waals surface area (Å²) in [5, 5.41) is 0. The molecule has 292 valence electrons. The van der Waals surface area contributed by atoms with Crippen LogP contribution in [0, 0.1) is 0 Å². The fourth-order valence-electron chi connectivity index (χ4n) is 9.16. The maximum atomic E-state index is 7.28. The standard InChI is InChI=1S/C45H56N4O6/c1-8-48-19-21-49(22-20-48)28-35-33-16-18-47(3)37-24-30-11-14-38(50-4)40(25-30)54-32-12-9-29(10-13-32)23-36-34-27-41(39(51-5)26-31(34)15-17-46(36)2)55-44(42(33)37)45(53-7)43(35)52-6/h9-14,25-27,36-37H,8,15-24,28H2,1-7H3/t36-,37-/m0/s1. The first-order chi connectivity index (χ1) is 26.8. The van der Waals surface area contributed by atoms with E-state index in [9.17, 15) is 0 Å². The number of nitrogens with zero attached hydrogens (tertiary/aromatic N) is 4. The molecule has 55 heavy (non-hydrogen) atoms. The number of benzene rings is 4. The Morgan fingerprint density at radius 2 is 1.29 bits per heavy atom. The Balaban J connectivity index is 1.35. The Hall–Kier alpha value is -4.48. The van der Waals surface area contributed by atoms with Crippen LogP contribution in [-0.4, -0.2) is 108 Å². The largest absolute Gasteiger partial charge is 0.493 e. The molecule has 0 amide bonds. The van der Waals surface area contributed by atoms with Crippen LogP contribution in [0.25, 0.3) is 0 Å². The molecule has 6 bridgehead atoms. The van der Waals surface area contributed by atoms with Crippen molar-refractivity contribution in [2.45, 2.75) is 51.2 Å². The maximum absolute atomic E-state index is 7.28. The summed E-state index contributed by atoms with van der Waals surface area (Å²) >= 11 is 0. The number of likely N-dealkylation sites (N-methyl/N-ethyl adjacent to an activating group) is 3. The van der Waals surface area contributed by atoms with Gasteiger partial charge >= 0.3 is 0 Å². The van der Waals surface area contributed by atoms with Crippen molar-refractivity contribution in [3.05, 3.63) is 93.5 Å². The number of fused-ring (bicyclic) bond motifs is 2. The van der Waals surface area contributed by atoms with E-state index in [4.69, 9.17) is 28.4 Å². The molecule has 10 nitrogen and oxygen atoms in total. The van der Waals surface area contributed by atoms with Crippen molar-refractivity contribution in [3.63, 3.8) is 0 Å². The lowest BCUT2D eigenvalue weighted by molar-refractivity contribution is 0.130. The van der Waals surface area contributed by atoms with Gasteiger partial charge in [-0.1, -0.05) is 25.1 Å². The molecule has 5 heterocycles. The second-order valence-electron chi connectivity index (χ2n) is 15.4. The minimum atomic E-state index is -0.0313. The highest BCUT2D eigenvalue weighted by Gasteiger charge is 2.38. The molecule has 0 saturated carbocycles. The highest BCUT2D eigenvalue weighted by atomic mass is 16.5. The predicted molar refractivity (Wildman–Crippen MR) is 215 cm³/mol. The minimum absolute atomic E-state index is 0.0313. The second kappa shape index (κ2) is 15.9. The van der Waals surface area contributed by atoms with Crippen LogP contribution >= 0.6 is 0 Å². The van der Waals surface area contributed by atoms with Gasteiger partial charge in [-0.25, -0.2) is 0 Å². The summed E-state index contributed by atoms with van der Waals surface area (Å²) < 4.78 is 38.5. The van der Waals surface area contributed by atoms with E-state index in [-0.39, 0.29) is 12.1 Å². The van der Waals surface area contributed by atoms with E-state index >= 15 is 0 Å². The smallest absolute Gasteiger partial charge is 0.204 e. The Morgan fingerprint density at radius 1 is 0.636 bits per heavy atom. The van der Waals surface area contributed by atoms with Crippen LogP contribution in [-0.2, 0) is 32.2 Å². The van der Waals surface area contributed by atoms with Crippen molar-refractivity contribution in [3.8, 4) is 46.0 Å². The van der Waals surface area contributed by atoms with E-state index in [0.717, 1.165) is 101 Å². The molecule has 0 unspecified atom stereocenters. The lowest BCUT2D eigenvalue weighted by atomic mass is 9.84. The van der Waals surface area contributed by atoms with Gasteiger partial charge in [0.2, 0.25) is 5.75 Å². The summed E-state index contributed by atoms with van der Waals surface area (Å²) in [7, 11) is 11.3. The highest BCUT2D eigenvalue weighted by molar-refractivity contribution is 5.67. The van der Waals surface area contributed by atoms with Gasteiger partial charge in [0.25, 0.3) is 0 Å². The first kappa shape index (κ1) is 37.4. The van der Waals surface area contributed by atoms with Crippen LogP contribution in [0.1, 0.15) is 58.0 Å². The van der Waals surface area contributed by atoms with E-state index in [0.29, 0.717) is 34.5 Å². The minimum Gasteiger partial charge on any atom is -0.493 e. The summed E-state index contributed by atoms with van der Waals surface area (Å²) in [6, 6.07) is 19.3. The van der Waals surface area contributed by atoms with Gasteiger partial charge in [0.15, 0.2) is 34.5 Å². The van der Waals surface area contributed by atoms with Crippen molar-refractivity contribution in [1.82, 2.24) is 19.6 Å². The normalized spacial score (nSPS) is 20.4. The summed E-state index contributed by atoms with van der Waals surface area (Å²) in [4.78, 5) is 9.97. The Kier molecular flexibility index (Phi) is 10.9. The second-order valence-corrected chi connectivity index (χ2v) is 15.4. The zero-order chi connectivity index (χ0) is 38.2. The molecule has 0 aliphatic carbocycles. The van der Waals surface area contributed by atoms with Crippen molar-refractivity contribution in [1.29, 1.82) is 0 Å². The van der Waals surface area contributed by atoms with Gasteiger partial charge in [0.1, 0.15) is 5.75 Å². The van der Waals surface area contributed by atoms with Gasteiger partial charge in [-0.15, -0.1) is 0 Å².